The second kappa shape index (κ2) is 9.37. The molecule has 1 aromatic heterocycles. The van der Waals surface area contributed by atoms with Crippen LogP contribution in [0.2, 0.25) is 0 Å². The second-order valence-electron chi connectivity index (χ2n) is 6.69. The molecular weight excluding hydrogens is 344 g/mol. The topological polar surface area (TPSA) is 75.8 Å². The van der Waals surface area contributed by atoms with Gasteiger partial charge in [-0.1, -0.05) is 29.4 Å². The number of aryl methyl sites for hydroxylation is 1. The number of hydrogen-bond donors (Lipinski definition) is 1. The second-order valence-corrected chi connectivity index (χ2v) is 6.69. The molecule has 6 nitrogen and oxygen atoms in total. The van der Waals surface area contributed by atoms with Crippen molar-refractivity contribution in [2.45, 2.75) is 39.2 Å². The molecular formula is C21H26N2O4. The molecule has 0 atom stereocenters. The molecule has 2 aromatic rings. The van der Waals surface area contributed by atoms with Gasteiger partial charge in [-0.05, 0) is 37.8 Å². The Labute approximate surface area is 159 Å². The van der Waals surface area contributed by atoms with E-state index in [-0.39, 0.29) is 6.42 Å². The molecule has 1 aliphatic heterocycles. The average molecular weight is 370 g/mol. The van der Waals surface area contributed by atoms with Gasteiger partial charge in [0.1, 0.15) is 6.61 Å². The third-order valence-corrected chi connectivity index (χ3v) is 4.69. The first-order valence-electron chi connectivity index (χ1n) is 9.41. The number of carbonyl (C=O) groups is 1. The lowest BCUT2D eigenvalue weighted by Gasteiger charge is -2.18. The Kier molecular flexibility index (Phi) is 6.65. The Bertz CT molecular complexity index is 797. The standard InChI is InChI=1S/C21H26N2O4/c1-2-16-14-23(20-9-4-3-8-19(16)20)11-5-7-17-13-18(27-22-17)15-26-12-6-10-21(24)25/h2-4,8-9,13H,5-7,10-12,14-15H2,1H3,(H,24,25)/b16-2+. The lowest BCUT2D eigenvalue weighted by atomic mass is 10.1. The highest BCUT2D eigenvalue weighted by Crippen LogP contribution is 2.35. The quantitative estimate of drug-likeness (QED) is 0.639. The van der Waals surface area contributed by atoms with Crippen LogP contribution in [0.3, 0.4) is 0 Å². The SMILES string of the molecule is C/C=C1\CN(CCCc2cc(COCCCC(=O)O)on2)c2ccccc21. The third kappa shape index (κ3) is 5.20. The third-order valence-electron chi connectivity index (χ3n) is 4.69. The van der Waals surface area contributed by atoms with Crippen molar-refractivity contribution in [2.75, 3.05) is 24.6 Å². The first kappa shape index (κ1) is 19.2. The molecule has 0 radical (unpaired) electrons. The predicted molar refractivity (Wildman–Crippen MR) is 104 cm³/mol. The largest absolute Gasteiger partial charge is 0.481 e. The minimum Gasteiger partial charge on any atom is -0.481 e. The van der Waals surface area contributed by atoms with Crippen molar-refractivity contribution >= 4 is 17.2 Å². The van der Waals surface area contributed by atoms with Crippen LogP contribution in [0.15, 0.2) is 40.9 Å². The number of aromatic nitrogens is 1. The molecule has 144 valence electrons. The van der Waals surface area contributed by atoms with Gasteiger partial charge in [-0.15, -0.1) is 0 Å². The van der Waals surface area contributed by atoms with Gasteiger partial charge in [-0.3, -0.25) is 4.79 Å². The Morgan fingerprint density at radius 3 is 3.04 bits per heavy atom. The molecule has 3 rings (SSSR count). The number of carboxylic acids is 1. The van der Waals surface area contributed by atoms with Gasteiger partial charge in [-0.25, -0.2) is 0 Å². The van der Waals surface area contributed by atoms with E-state index in [1.165, 1.54) is 16.8 Å². The summed E-state index contributed by atoms with van der Waals surface area (Å²) in [6.45, 7) is 4.77. The van der Waals surface area contributed by atoms with E-state index in [9.17, 15) is 4.79 Å². The number of carboxylic acid groups (broad SMARTS) is 1. The molecule has 1 aromatic carbocycles. The molecule has 0 bridgehead atoms. The molecule has 0 amide bonds. The van der Waals surface area contributed by atoms with Crippen LogP contribution in [0.25, 0.3) is 5.57 Å². The van der Waals surface area contributed by atoms with Gasteiger partial charge in [0.05, 0.1) is 5.69 Å². The summed E-state index contributed by atoms with van der Waals surface area (Å²) in [5.41, 5.74) is 4.96. The van der Waals surface area contributed by atoms with Crippen LogP contribution in [0.4, 0.5) is 5.69 Å². The lowest BCUT2D eigenvalue weighted by Crippen LogP contribution is -2.21. The number of fused-ring (bicyclic) bond motifs is 1. The minimum atomic E-state index is -0.803. The first-order valence-corrected chi connectivity index (χ1v) is 9.41. The molecule has 0 spiro atoms. The Morgan fingerprint density at radius 1 is 1.37 bits per heavy atom. The molecule has 27 heavy (non-hydrogen) atoms. The number of allylic oxidation sites excluding steroid dienone is 1. The zero-order chi connectivity index (χ0) is 19.1. The van der Waals surface area contributed by atoms with Crippen molar-refractivity contribution < 1.29 is 19.2 Å². The highest BCUT2D eigenvalue weighted by Gasteiger charge is 2.21. The van der Waals surface area contributed by atoms with E-state index in [4.69, 9.17) is 14.4 Å². The van der Waals surface area contributed by atoms with Gasteiger partial charge < -0.3 is 19.3 Å². The highest BCUT2D eigenvalue weighted by molar-refractivity contribution is 5.85. The fraction of sp³-hybridized carbons (Fsp3) is 0.429. The van der Waals surface area contributed by atoms with Crippen molar-refractivity contribution in [3.8, 4) is 0 Å². The van der Waals surface area contributed by atoms with E-state index in [1.807, 2.05) is 6.07 Å². The number of hydrogen-bond acceptors (Lipinski definition) is 5. The number of rotatable bonds is 10. The van der Waals surface area contributed by atoms with Crippen LogP contribution in [-0.2, 0) is 22.6 Å². The smallest absolute Gasteiger partial charge is 0.303 e. The zero-order valence-electron chi connectivity index (χ0n) is 15.7. The van der Waals surface area contributed by atoms with Crippen molar-refractivity contribution in [1.29, 1.82) is 0 Å². The van der Waals surface area contributed by atoms with Crippen molar-refractivity contribution in [3.05, 3.63) is 53.4 Å². The summed E-state index contributed by atoms with van der Waals surface area (Å²) in [6, 6.07) is 10.5. The van der Waals surface area contributed by atoms with E-state index in [1.54, 1.807) is 0 Å². The molecule has 6 heteroatoms. The van der Waals surface area contributed by atoms with Crippen molar-refractivity contribution in [1.82, 2.24) is 5.16 Å². The fourth-order valence-corrected chi connectivity index (χ4v) is 3.33. The Hall–Kier alpha value is -2.60. The van der Waals surface area contributed by atoms with E-state index in [2.05, 4.69) is 47.3 Å². The minimum absolute atomic E-state index is 0.121. The molecule has 1 N–H and O–H groups in total. The number of benzene rings is 1. The fourth-order valence-electron chi connectivity index (χ4n) is 3.33. The van der Waals surface area contributed by atoms with E-state index >= 15 is 0 Å². The van der Waals surface area contributed by atoms with Crippen LogP contribution in [0.5, 0.6) is 0 Å². The normalized spacial score (nSPS) is 14.7. The van der Waals surface area contributed by atoms with Crippen LogP contribution in [0.1, 0.15) is 43.2 Å². The number of anilines is 1. The van der Waals surface area contributed by atoms with Crippen LogP contribution in [-0.4, -0.2) is 35.9 Å². The van der Waals surface area contributed by atoms with E-state index in [0.29, 0.717) is 25.4 Å². The summed E-state index contributed by atoms with van der Waals surface area (Å²) < 4.78 is 10.7. The predicted octanol–water partition coefficient (Wildman–Crippen LogP) is 3.91. The summed E-state index contributed by atoms with van der Waals surface area (Å²) >= 11 is 0. The van der Waals surface area contributed by atoms with E-state index < -0.39 is 5.97 Å². The van der Waals surface area contributed by atoms with Crippen LogP contribution < -0.4 is 4.90 Å². The van der Waals surface area contributed by atoms with Crippen LogP contribution >= 0.6 is 0 Å². The lowest BCUT2D eigenvalue weighted by molar-refractivity contribution is -0.137. The van der Waals surface area contributed by atoms with Crippen molar-refractivity contribution in [3.63, 3.8) is 0 Å². The Morgan fingerprint density at radius 2 is 2.22 bits per heavy atom. The van der Waals surface area contributed by atoms with Gasteiger partial charge in [0.25, 0.3) is 0 Å². The van der Waals surface area contributed by atoms with Gasteiger partial charge in [0, 0.05) is 43.4 Å². The Balaban J connectivity index is 1.41. The number of ether oxygens (including phenoxy) is 1. The molecule has 0 fully saturated rings. The summed E-state index contributed by atoms with van der Waals surface area (Å²) in [5, 5.41) is 12.7. The molecule has 0 saturated carbocycles. The summed E-state index contributed by atoms with van der Waals surface area (Å²) in [4.78, 5) is 12.9. The van der Waals surface area contributed by atoms with Gasteiger partial charge in [0.15, 0.2) is 5.76 Å². The van der Waals surface area contributed by atoms with Crippen molar-refractivity contribution in [2.24, 2.45) is 0 Å². The van der Waals surface area contributed by atoms with Crippen LogP contribution in [0, 0.1) is 0 Å². The van der Waals surface area contributed by atoms with Gasteiger partial charge in [0.2, 0.25) is 0 Å². The zero-order valence-corrected chi connectivity index (χ0v) is 15.7. The highest BCUT2D eigenvalue weighted by atomic mass is 16.5. The number of nitrogens with zero attached hydrogens (tertiary/aromatic N) is 2. The number of aliphatic carboxylic acids is 1. The molecule has 0 unspecified atom stereocenters. The maximum atomic E-state index is 10.4. The maximum Gasteiger partial charge on any atom is 0.303 e. The summed E-state index contributed by atoms with van der Waals surface area (Å²) in [6.07, 6.45) is 4.67. The molecule has 0 saturated heterocycles. The maximum absolute atomic E-state index is 10.4. The molecule has 0 aliphatic carbocycles. The molecule has 2 heterocycles. The van der Waals surface area contributed by atoms with E-state index in [0.717, 1.165) is 31.6 Å². The summed E-state index contributed by atoms with van der Waals surface area (Å²) in [7, 11) is 0. The molecule has 1 aliphatic rings. The summed E-state index contributed by atoms with van der Waals surface area (Å²) in [5.74, 6) is -0.120. The number of para-hydroxylation sites is 1. The monoisotopic (exact) mass is 370 g/mol. The van der Waals surface area contributed by atoms with Gasteiger partial charge in [-0.2, -0.15) is 0 Å². The average Bonchev–Trinajstić information content (AvgIpc) is 3.26. The van der Waals surface area contributed by atoms with Gasteiger partial charge >= 0.3 is 5.97 Å². The first-order chi connectivity index (χ1) is 13.2.